The normalized spacial score (nSPS) is 10.1. The Hall–Kier alpha value is -1.54. The van der Waals surface area contributed by atoms with Gasteiger partial charge in [-0.2, -0.15) is 0 Å². The summed E-state index contributed by atoms with van der Waals surface area (Å²) in [5, 5.41) is 0.288. The molecule has 0 N–H and O–H groups in total. The van der Waals surface area contributed by atoms with Crippen LogP contribution in [0.25, 0.3) is 0 Å². The molecular formula is C13H10ClFO. The van der Waals surface area contributed by atoms with Crippen molar-refractivity contribution in [2.75, 3.05) is 0 Å². The molecular weight excluding hydrogens is 227 g/mol. The lowest BCUT2D eigenvalue weighted by atomic mass is 10.2. The molecule has 16 heavy (non-hydrogen) atoms. The Labute approximate surface area is 98.4 Å². The first-order valence-corrected chi connectivity index (χ1v) is 5.25. The van der Waals surface area contributed by atoms with Gasteiger partial charge in [0.1, 0.15) is 18.2 Å². The number of hydrogen-bond donors (Lipinski definition) is 0. The van der Waals surface area contributed by atoms with Crippen LogP contribution in [0.15, 0.2) is 48.5 Å². The largest absolute Gasteiger partial charge is 0.487 e. The zero-order valence-corrected chi connectivity index (χ0v) is 9.25. The second kappa shape index (κ2) is 4.99. The molecule has 0 heterocycles. The van der Waals surface area contributed by atoms with E-state index in [1.807, 2.05) is 30.3 Å². The summed E-state index contributed by atoms with van der Waals surface area (Å²) in [6.07, 6.45) is 0. The lowest BCUT2D eigenvalue weighted by molar-refractivity contribution is 0.306. The SMILES string of the molecule is Fc1ccc(OCc2ccccc2)c(Cl)c1. The van der Waals surface area contributed by atoms with Gasteiger partial charge < -0.3 is 4.74 Å². The van der Waals surface area contributed by atoms with E-state index in [2.05, 4.69) is 0 Å². The molecule has 0 aromatic heterocycles. The lowest BCUT2D eigenvalue weighted by Crippen LogP contribution is -1.95. The number of benzene rings is 2. The summed E-state index contributed by atoms with van der Waals surface area (Å²) < 4.78 is 18.2. The average Bonchev–Trinajstić information content (AvgIpc) is 2.29. The third-order valence-electron chi connectivity index (χ3n) is 2.13. The number of rotatable bonds is 3. The van der Waals surface area contributed by atoms with Crippen LogP contribution in [0.3, 0.4) is 0 Å². The van der Waals surface area contributed by atoms with Crippen LogP contribution in [0.5, 0.6) is 5.75 Å². The summed E-state index contributed by atoms with van der Waals surface area (Å²) in [6.45, 7) is 0.423. The summed E-state index contributed by atoms with van der Waals surface area (Å²) >= 11 is 5.83. The topological polar surface area (TPSA) is 9.23 Å². The third kappa shape index (κ3) is 2.74. The van der Waals surface area contributed by atoms with Crippen molar-refractivity contribution in [3.8, 4) is 5.75 Å². The van der Waals surface area contributed by atoms with Gasteiger partial charge in [0.15, 0.2) is 0 Å². The van der Waals surface area contributed by atoms with E-state index in [0.29, 0.717) is 12.4 Å². The Morgan fingerprint density at radius 1 is 1.06 bits per heavy atom. The maximum Gasteiger partial charge on any atom is 0.138 e. The zero-order chi connectivity index (χ0) is 11.4. The van der Waals surface area contributed by atoms with E-state index in [9.17, 15) is 4.39 Å². The molecule has 2 aromatic rings. The highest BCUT2D eigenvalue weighted by Crippen LogP contribution is 2.25. The predicted octanol–water partition coefficient (Wildman–Crippen LogP) is 4.06. The van der Waals surface area contributed by atoms with Crippen molar-refractivity contribution in [1.82, 2.24) is 0 Å². The molecule has 1 nitrogen and oxygen atoms in total. The fraction of sp³-hybridized carbons (Fsp3) is 0.0769. The van der Waals surface area contributed by atoms with Crippen LogP contribution in [0.2, 0.25) is 5.02 Å². The predicted molar refractivity (Wildman–Crippen MR) is 62.2 cm³/mol. The van der Waals surface area contributed by atoms with Crippen LogP contribution in [0, 0.1) is 5.82 Å². The fourth-order valence-corrected chi connectivity index (χ4v) is 1.55. The van der Waals surface area contributed by atoms with Gasteiger partial charge in [0, 0.05) is 0 Å². The fourth-order valence-electron chi connectivity index (χ4n) is 1.33. The molecule has 82 valence electrons. The second-order valence-corrected chi connectivity index (χ2v) is 3.76. The highest BCUT2D eigenvalue weighted by Gasteiger charge is 2.02. The maximum atomic E-state index is 12.8. The summed E-state index contributed by atoms with van der Waals surface area (Å²) in [5.74, 6) is 0.129. The average molecular weight is 237 g/mol. The molecule has 2 rings (SSSR count). The Morgan fingerprint density at radius 3 is 2.50 bits per heavy atom. The molecule has 2 aromatic carbocycles. The molecule has 0 fully saturated rings. The monoisotopic (exact) mass is 236 g/mol. The maximum absolute atomic E-state index is 12.8. The Balaban J connectivity index is 2.05. The van der Waals surface area contributed by atoms with Gasteiger partial charge in [0.05, 0.1) is 5.02 Å². The van der Waals surface area contributed by atoms with Gasteiger partial charge in [-0.25, -0.2) is 4.39 Å². The van der Waals surface area contributed by atoms with Gasteiger partial charge in [-0.15, -0.1) is 0 Å². The van der Waals surface area contributed by atoms with Gasteiger partial charge in [-0.1, -0.05) is 41.9 Å². The second-order valence-electron chi connectivity index (χ2n) is 3.35. The van der Waals surface area contributed by atoms with E-state index in [-0.39, 0.29) is 10.8 Å². The smallest absolute Gasteiger partial charge is 0.138 e. The van der Waals surface area contributed by atoms with E-state index >= 15 is 0 Å². The molecule has 0 saturated carbocycles. The molecule has 0 atom stereocenters. The van der Waals surface area contributed by atoms with E-state index in [1.165, 1.54) is 18.2 Å². The summed E-state index contributed by atoms with van der Waals surface area (Å²) in [4.78, 5) is 0. The first-order valence-electron chi connectivity index (χ1n) is 4.87. The van der Waals surface area contributed by atoms with Gasteiger partial charge in [-0.3, -0.25) is 0 Å². The van der Waals surface area contributed by atoms with Crippen LogP contribution in [0.4, 0.5) is 4.39 Å². The van der Waals surface area contributed by atoms with Gasteiger partial charge in [-0.05, 0) is 23.8 Å². The molecule has 0 spiro atoms. The first kappa shape index (κ1) is 11.0. The van der Waals surface area contributed by atoms with Crippen LogP contribution in [-0.2, 0) is 6.61 Å². The molecule has 0 aliphatic carbocycles. The minimum atomic E-state index is -0.364. The van der Waals surface area contributed by atoms with Gasteiger partial charge in [0.2, 0.25) is 0 Å². The van der Waals surface area contributed by atoms with E-state index < -0.39 is 0 Å². The first-order chi connectivity index (χ1) is 7.75. The van der Waals surface area contributed by atoms with Crippen molar-refractivity contribution < 1.29 is 9.13 Å². The quantitative estimate of drug-likeness (QED) is 0.781. The Morgan fingerprint density at radius 2 is 1.81 bits per heavy atom. The van der Waals surface area contributed by atoms with Gasteiger partial charge in [0.25, 0.3) is 0 Å². The lowest BCUT2D eigenvalue weighted by Gasteiger charge is -2.07. The van der Waals surface area contributed by atoms with Crippen molar-refractivity contribution in [2.24, 2.45) is 0 Å². The molecule has 0 saturated heterocycles. The third-order valence-corrected chi connectivity index (χ3v) is 2.43. The van der Waals surface area contributed by atoms with Crippen molar-refractivity contribution in [2.45, 2.75) is 6.61 Å². The van der Waals surface area contributed by atoms with Crippen LogP contribution in [0.1, 0.15) is 5.56 Å². The van der Waals surface area contributed by atoms with Crippen molar-refractivity contribution in [1.29, 1.82) is 0 Å². The van der Waals surface area contributed by atoms with E-state index in [1.54, 1.807) is 0 Å². The molecule has 0 aliphatic rings. The van der Waals surface area contributed by atoms with E-state index in [4.69, 9.17) is 16.3 Å². The number of hydrogen-bond acceptors (Lipinski definition) is 1. The van der Waals surface area contributed by atoms with Gasteiger partial charge >= 0.3 is 0 Å². The number of halogens is 2. The zero-order valence-electron chi connectivity index (χ0n) is 8.49. The Bertz CT molecular complexity index is 471. The minimum absolute atomic E-state index is 0.288. The number of ether oxygens (including phenoxy) is 1. The molecule has 0 aliphatic heterocycles. The van der Waals surface area contributed by atoms with Crippen LogP contribution < -0.4 is 4.74 Å². The van der Waals surface area contributed by atoms with Crippen molar-refractivity contribution in [3.63, 3.8) is 0 Å². The van der Waals surface area contributed by atoms with E-state index in [0.717, 1.165) is 5.56 Å². The van der Waals surface area contributed by atoms with Crippen LogP contribution in [-0.4, -0.2) is 0 Å². The minimum Gasteiger partial charge on any atom is -0.487 e. The molecule has 0 amide bonds. The summed E-state index contributed by atoms with van der Waals surface area (Å²) in [5.41, 5.74) is 1.04. The highest BCUT2D eigenvalue weighted by molar-refractivity contribution is 6.32. The Kier molecular flexibility index (Phi) is 3.42. The molecule has 0 radical (unpaired) electrons. The van der Waals surface area contributed by atoms with Crippen LogP contribution >= 0.6 is 11.6 Å². The summed E-state index contributed by atoms with van der Waals surface area (Å²) in [7, 11) is 0. The summed E-state index contributed by atoms with van der Waals surface area (Å²) in [6, 6.07) is 13.8. The van der Waals surface area contributed by atoms with Crippen molar-refractivity contribution in [3.05, 3.63) is 64.9 Å². The standard InChI is InChI=1S/C13H10ClFO/c14-12-8-11(15)6-7-13(12)16-9-10-4-2-1-3-5-10/h1-8H,9H2. The molecule has 0 unspecified atom stereocenters. The van der Waals surface area contributed by atoms with Crippen molar-refractivity contribution >= 4 is 11.6 Å². The molecule has 0 bridgehead atoms. The highest BCUT2D eigenvalue weighted by atomic mass is 35.5. The molecule has 3 heteroatoms.